The highest BCUT2D eigenvalue weighted by atomic mass is 16.3. The minimum atomic E-state index is 0.0369. The highest BCUT2D eigenvalue weighted by molar-refractivity contribution is 6.15. The first-order chi connectivity index (χ1) is 18.4. The summed E-state index contributed by atoms with van der Waals surface area (Å²) in [6, 6.07) is 24.7. The number of furan rings is 1. The third kappa shape index (κ3) is 3.72. The van der Waals surface area contributed by atoms with Gasteiger partial charge >= 0.3 is 0 Å². The lowest BCUT2D eigenvalue weighted by Crippen LogP contribution is -2.33. The van der Waals surface area contributed by atoms with Crippen LogP contribution in [0.3, 0.4) is 0 Å². The number of pyridine rings is 1. The molecule has 7 rings (SSSR count). The quantitative estimate of drug-likeness (QED) is 0.219. The molecule has 0 N–H and O–H groups in total. The zero-order valence-corrected chi connectivity index (χ0v) is 24.2. The first-order valence-electron chi connectivity index (χ1n) is 14.3. The molecule has 0 fully saturated rings. The van der Waals surface area contributed by atoms with Crippen LogP contribution in [-0.2, 0) is 16.2 Å². The van der Waals surface area contributed by atoms with Gasteiger partial charge in [0.05, 0.1) is 5.69 Å². The molecule has 0 spiro atoms. The zero-order valence-electron chi connectivity index (χ0n) is 24.2. The lowest BCUT2D eigenvalue weighted by molar-refractivity contribution is 0.332. The number of hydrogen-bond donors (Lipinski definition) is 0. The van der Waals surface area contributed by atoms with Crippen LogP contribution in [-0.4, -0.2) is 4.98 Å². The first kappa shape index (κ1) is 24.4. The van der Waals surface area contributed by atoms with Gasteiger partial charge in [0.25, 0.3) is 0 Å². The van der Waals surface area contributed by atoms with E-state index in [9.17, 15) is 0 Å². The molecule has 2 heterocycles. The molecule has 39 heavy (non-hydrogen) atoms. The van der Waals surface area contributed by atoms with Gasteiger partial charge in [-0.05, 0) is 98.3 Å². The molecule has 0 amide bonds. The number of benzene rings is 4. The van der Waals surface area contributed by atoms with E-state index >= 15 is 0 Å². The van der Waals surface area contributed by atoms with Crippen molar-refractivity contribution in [2.45, 2.75) is 77.6 Å². The van der Waals surface area contributed by atoms with Crippen molar-refractivity contribution in [2.24, 2.45) is 0 Å². The predicted octanol–water partition coefficient (Wildman–Crippen LogP) is 10.6. The standard InChI is InChI=1S/C37H37NO/c1-35(2,3)29-17-24(16-22-10-8-9-11-25(22)29)32-18-23-12-13-26-27-19-30-31(37(6,7)15-14-36(30,4)5)20-33(27)39-34(26)28(23)21-38-32/h8-13,16-21H,14-15H2,1-7H3. The van der Waals surface area contributed by atoms with Gasteiger partial charge in [0, 0.05) is 27.9 Å². The van der Waals surface area contributed by atoms with Crippen LogP contribution < -0.4 is 0 Å². The van der Waals surface area contributed by atoms with Crippen LogP contribution in [0.5, 0.6) is 0 Å². The number of fused-ring (bicyclic) bond motifs is 7. The topological polar surface area (TPSA) is 26.0 Å². The lowest BCUT2D eigenvalue weighted by atomic mass is 9.63. The Balaban J connectivity index is 1.42. The molecule has 1 aliphatic rings. The average Bonchev–Trinajstić information content (AvgIpc) is 3.27. The second-order valence-corrected chi connectivity index (χ2v) is 14.0. The van der Waals surface area contributed by atoms with Crippen molar-refractivity contribution in [1.82, 2.24) is 4.98 Å². The summed E-state index contributed by atoms with van der Waals surface area (Å²) in [5.74, 6) is 0. The largest absolute Gasteiger partial charge is 0.455 e. The Labute approximate surface area is 231 Å². The fraction of sp³-hybridized carbons (Fsp3) is 0.324. The molecule has 6 aromatic rings. The molecule has 0 aliphatic heterocycles. The summed E-state index contributed by atoms with van der Waals surface area (Å²) in [6.07, 6.45) is 4.41. The van der Waals surface area contributed by atoms with Gasteiger partial charge in [-0.3, -0.25) is 4.98 Å². The summed E-state index contributed by atoms with van der Waals surface area (Å²) >= 11 is 0. The molecule has 0 unspecified atom stereocenters. The smallest absolute Gasteiger partial charge is 0.144 e. The number of aromatic nitrogens is 1. The Morgan fingerprint density at radius 3 is 2.13 bits per heavy atom. The molecule has 0 saturated carbocycles. The Hall–Kier alpha value is -3.65. The van der Waals surface area contributed by atoms with Gasteiger partial charge in [-0.15, -0.1) is 0 Å². The van der Waals surface area contributed by atoms with Crippen molar-refractivity contribution < 1.29 is 4.42 Å². The molecule has 2 nitrogen and oxygen atoms in total. The van der Waals surface area contributed by atoms with Crippen molar-refractivity contribution in [3.8, 4) is 11.3 Å². The fourth-order valence-electron chi connectivity index (χ4n) is 6.75. The van der Waals surface area contributed by atoms with Crippen LogP contribution in [0.2, 0.25) is 0 Å². The van der Waals surface area contributed by atoms with Gasteiger partial charge in [-0.1, -0.05) is 78.8 Å². The number of nitrogens with zero attached hydrogens (tertiary/aromatic N) is 1. The maximum atomic E-state index is 6.62. The van der Waals surface area contributed by atoms with E-state index in [1.165, 1.54) is 51.1 Å². The van der Waals surface area contributed by atoms with Gasteiger partial charge in [0.2, 0.25) is 0 Å². The minimum Gasteiger partial charge on any atom is -0.455 e. The maximum Gasteiger partial charge on any atom is 0.144 e. The average molecular weight is 512 g/mol. The van der Waals surface area contributed by atoms with E-state index in [1.807, 2.05) is 6.20 Å². The molecule has 196 valence electrons. The van der Waals surface area contributed by atoms with Gasteiger partial charge in [0.15, 0.2) is 0 Å². The van der Waals surface area contributed by atoms with Gasteiger partial charge in [-0.2, -0.15) is 0 Å². The third-order valence-electron chi connectivity index (χ3n) is 9.28. The van der Waals surface area contributed by atoms with E-state index in [-0.39, 0.29) is 16.2 Å². The molecule has 0 bridgehead atoms. The van der Waals surface area contributed by atoms with Crippen LogP contribution in [0, 0.1) is 0 Å². The highest BCUT2D eigenvalue weighted by Gasteiger charge is 2.37. The highest BCUT2D eigenvalue weighted by Crippen LogP contribution is 2.48. The first-order valence-corrected chi connectivity index (χ1v) is 14.3. The minimum absolute atomic E-state index is 0.0369. The van der Waals surface area contributed by atoms with Crippen LogP contribution >= 0.6 is 0 Å². The van der Waals surface area contributed by atoms with Crippen LogP contribution in [0.4, 0.5) is 0 Å². The molecule has 2 heteroatoms. The van der Waals surface area contributed by atoms with Crippen LogP contribution in [0.1, 0.15) is 78.0 Å². The van der Waals surface area contributed by atoms with Crippen molar-refractivity contribution in [3.05, 3.63) is 89.6 Å². The van der Waals surface area contributed by atoms with Gasteiger partial charge < -0.3 is 4.42 Å². The Morgan fingerprint density at radius 2 is 1.38 bits per heavy atom. The van der Waals surface area contributed by atoms with Crippen LogP contribution in [0.25, 0.3) is 54.7 Å². The molecule has 0 atom stereocenters. The molecule has 1 aliphatic carbocycles. The molecule has 4 aromatic carbocycles. The van der Waals surface area contributed by atoms with E-state index in [4.69, 9.17) is 9.40 Å². The zero-order chi connectivity index (χ0) is 27.3. The summed E-state index contributed by atoms with van der Waals surface area (Å²) in [4.78, 5) is 4.99. The second kappa shape index (κ2) is 7.94. The van der Waals surface area contributed by atoms with Crippen molar-refractivity contribution in [3.63, 3.8) is 0 Å². The molecular weight excluding hydrogens is 474 g/mol. The Morgan fingerprint density at radius 1 is 0.692 bits per heavy atom. The predicted molar refractivity (Wildman–Crippen MR) is 166 cm³/mol. The van der Waals surface area contributed by atoms with E-state index in [1.54, 1.807) is 0 Å². The SMILES string of the molecule is CC(C)(C)c1cc(-c2cc3ccc4c5cc6c(cc5oc4c3cn2)C(C)(C)CCC6(C)C)cc2ccccc12. The summed E-state index contributed by atoms with van der Waals surface area (Å²) in [5, 5.41) is 7.18. The number of hydrogen-bond acceptors (Lipinski definition) is 2. The van der Waals surface area contributed by atoms with Gasteiger partial charge in [0.1, 0.15) is 11.2 Å². The molecular formula is C37H37NO. The normalized spacial score (nSPS) is 16.8. The Bertz CT molecular complexity index is 1940. The van der Waals surface area contributed by atoms with E-state index in [2.05, 4.69) is 115 Å². The maximum absolute atomic E-state index is 6.62. The second-order valence-electron chi connectivity index (χ2n) is 14.0. The van der Waals surface area contributed by atoms with E-state index < -0.39 is 0 Å². The molecule has 2 aromatic heterocycles. The van der Waals surface area contributed by atoms with Crippen LogP contribution in [0.15, 0.2) is 77.3 Å². The Kier molecular flexibility index (Phi) is 4.97. The van der Waals surface area contributed by atoms with Gasteiger partial charge in [-0.25, -0.2) is 0 Å². The number of rotatable bonds is 1. The van der Waals surface area contributed by atoms with E-state index in [0.717, 1.165) is 33.2 Å². The lowest BCUT2D eigenvalue weighted by Gasteiger charge is -2.41. The van der Waals surface area contributed by atoms with Crippen molar-refractivity contribution >= 4 is 43.5 Å². The third-order valence-corrected chi connectivity index (χ3v) is 9.28. The van der Waals surface area contributed by atoms with Crippen molar-refractivity contribution in [1.29, 1.82) is 0 Å². The summed E-state index contributed by atoms with van der Waals surface area (Å²) in [6.45, 7) is 16.4. The molecule has 0 radical (unpaired) electrons. The van der Waals surface area contributed by atoms with Crippen molar-refractivity contribution in [2.75, 3.05) is 0 Å². The fourth-order valence-corrected chi connectivity index (χ4v) is 6.75. The molecule has 0 saturated heterocycles. The monoisotopic (exact) mass is 511 g/mol. The summed E-state index contributed by atoms with van der Waals surface area (Å²) in [7, 11) is 0. The summed E-state index contributed by atoms with van der Waals surface area (Å²) in [5.41, 5.74) is 8.67. The summed E-state index contributed by atoms with van der Waals surface area (Å²) < 4.78 is 6.62. The van der Waals surface area contributed by atoms with E-state index in [0.29, 0.717) is 0 Å².